The number of carboxylic acids is 1. The highest BCUT2D eigenvalue weighted by Crippen LogP contribution is 2.24. The first-order valence-electron chi connectivity index (χ1n) is 9.39. The van der Waals surface area contributed by atoms with Crippen LogP contribution in [0.5, 0.6) is 0 Å². The number of nitrogens with one attached hydrogen (secondary N) is 2. The average molecular weight is 412 g/mol. The minimum atomic E-state index is -1.13. The highest BCUT2D eigenvalue weighted by atomic mass is 35.5. The van der Waals surface area contributed by atoms with Crippen molar-refractivity contribution in [2.24, 2.45) is 0 Å². The van der Waals surface area contributed by atoms with E-state index in [0.29, 0.717) is 28.9 Å². The normalized spacial score (nSPS) is 11.8. The fraction of sp³-hybridized carbons (Fsp3) is 0.227. The van der Waals surface area contributed by atoms with Crippen molar-refractivity contribution in [2.75, 3.05) is 11.9 Å². The van der Waals surface area contributed by atoms with Gasteiger partial charge >= 0.3 is 5.97 Å². The van der Waals surface area contributed by atoms with Gasteiger partial charge in [0.1, 0.15) is 17.4 Å². The van der Waals surface area contributed by atoms with Gasteiger partial charge in [-0.15, -0.1) is 0 Å². The van der Waals surface area contributed by atoms with Gasteiger partial charge in [0.2, 0.25) is 5.91 Å². The Kier molecular flexibility index (Phi) is 6.67. The van der Waals surface area contributed by atoms with Crippen molar-refractivity contribution >= 4 is 40.2 Å². The van der Waals surface area contributed by atoms with Crippen LogP contribution >= 0.6 is 11.6 Å². The van der Waals surface area contributed by atoms with Gasteiger partial charge in [-0.3, -0.25) is 4.79 Å². The van der Waals surface area contributed by atoms with Gasteiger partial charge in [0.15, 0.2) is 0 Å². The fourth-order valence-corrected chi connectivity index (χ4v) is 3.20. The lowest BCUT2D eigenvalue weighted by atomic mass is 10.0. The SMILES string of the molecule is CCCNC(=O)[C@H](Cc1ccccc1)Nc1nc2ccc(Cl)cc2cc1C(=O)O. The predicted molar refractivity (Wildman–Crippen MR) is 115 cm³/mol. The van der Waals surface area contributed by atoms with E-state index in [1.165, 1.54) is 6.07 Å². The van der Waals surface area contributed by atoms with Crippen molar-refractivity contribution < 1.29 is 14.7 Å². The molecule has 3 aromatic rings. The van der Waals surface area contributed by atoms with E-state index in [4.69, 9.17) is 11.6 Å². The Labute approximate surface area is 173 Å². The van der Waals surface area contributed by atoms with E-state index >= 15 is 0 Å². The molecule has 29 heavy (non-hydrogen) atoms. The van der Waals surface area contributed by atoms with E-state index in [2.05, 4.69) is 15.6 Å². The molecule has 0 saturated heterocycles. The average Bonchev–Trinajstić information content (AvgIpc) is 2.71. The smallest absolute Gasteiger partial charge is 0.339 e. The molecule has 150 valence electrons. The number of amides is 1. The standard InChI is InChI=1S/C22H22ClN3O3/c1-2-10-24-21(27)19(11-14-6-4-3-5-7-14)26-20-17(22(28)29)13-15-12-16(23)8-9-18(15)25-20/h3-9,12-13,19H,2,10-11H2,1H3,(H,24,27)(H,25,26)(H,28,29)/t19-/m0/s1. The lowest BCUT2D eigenvalue weighted by molar-refractivity contribution is -0.121. The number of hydrogen-bond acceptors (Lipinski definition) is 4. The van der Waals surface area contributed by atoms with Crippen LogP contribution in [-0.4, -0.2) is 34.6 Å². The van der Waals surface area contributed by atoms with Gasteiger partial charge in [-0.2, -0.15) is 0 Å². The van der Waals surface area contributed by atoms with E-state index < -0.39 is 12.0 Å². The van der Waals surface area contributed by atoms with Gasteiger partial charge in [-0.05, 0) is 36.2 Å². The molecule has 7 heteroatoms. The maximum atomic E-state index is 12.7. The second kappa shape index (κ2) is 9.39. The van der Waals surface area contributed by atoms with Crippen molar-refractivity contribution in [2.45, 2.75) is 25.8 Å². The third kappa shape index (κ3) is 5.23. The lowest BCUT2D eigenvalue weighted by Crippen LogP contribution is -2.42. The summed E-state index contributed by atoms with van der Waals surface area (Å²) in [4.78, 5) is 29.0. The summed E-state index contributed by atoms with van der Waals surface area (Å²) in [6.07, 6.45) is 1.20. The number of nitrogens with zero attached hydrogens (tertiary/aromatic N) is 1. The highest BCUT2D eigenvalue weighted by molar-refractivity contribution is 6.31. The molecule has 0 aliphatic heterocycles. The molecule has 1 heterocycles. The van der Waals surface area contributed by atoms with Crippen molar-refractivity contribution in [3.8, 4) is 0 Å². The number of aromatic carboxylic acids is 1. The summed E-state index contributed by atoms with van der Waals surface area (Å²) < 4.78 is 0. The van der Waals surface area contributed by atoms with Crippen LogP contribution in [0.1, 0.15) is 29.3 Å². The molecule has 2 aromatic carbocycles. The van der Waals surface area contributed by atoms with Gasteiger partial charge in [-0.25, -0.2) is 9.78 Å². The number of carboxylic acid groups (broad SMARTS) is 1. The number of carbonyl (C=O) groups is 2. The summed E-state index contributed by atoms with van der Waals surface area (Å²) in [5.74, 6) is -1.18. The van der Waals surface area contributed by atoms with Crippen molar-refractivity contribution in [1.82, 2.24) is 10.3 Å². The van der Waals surface area contributed by atoms with Crippen LogP contribution in [0.25, 0.3) is 10.9 Å². The quantitative estimate of drug-likeness (QED) is 0.518. The van der Waals surface area contributed by atoms with E-state index in [-0.39, 0.29) is 17.3 Å². The first-order valence-corrected chi connectivity index (χ1v) is 9.77. The third-order valence-electron chi connectivity index (χ3n) is 4.47. The minimum absolute atomic E-state index is 0.0129. The van der Waals surface area contributed by atoms with Crippen molar-refractivity contribution in [1.29, 1.82) is 0 Å². The number of rotatable bonds is 8. The molecule has 3 N–H and O–H groups in total. The van der Waals surface area contributed by atoms with Gasteiger partial charge < -0.3 is 15.7 Å². The van der Waals surface area contributed by atoms with E-state index in [9.17, 15) is 14.7 Å². The summed E-state index contributed by atoms with van der Waals surface area (Å²) >= 11 is 6.01. The van der Waals surface area contributed by atoms with Crippen LogP contribution in [0, 0.1) is 0 Å². The number of benzene rings is 2. The summed E-state index contributed by atoms with van der Waals surface area (Å²) in [5, 5.41) is 16.7. The second-order valence-corrected chi connectivity index (χ2v) is 7.14. The monoisotopic (exact) mass is 411 g/mol. The topological polar surface area (TPSA) is 91.3 Å². The largest absolute Gasteiger partial charge is 0.478 e. The van der Waals surface area contributed by atoms with Crippen LogP contribution in [0.4, 0.5) is 5.82 Å². The maximum absolute atomic E-state index is 12.7. The van der Waals surface area contributed by atoms with E-state index in [0.717, 1.165) is 12.0 Å². The number of halogens is 1. The molecule has 1 aromatic heterocycles. The molecule has 0 aliphatic carbocycles. The molecule has 0 fully saturated rings. The molecule has 6 nitrogen and oxygen atoms in total. The third-order valence-corrected chi connectivity index (χ3v) is 4.70. The molecule has 0 unspecified atom stereocenters. The highest BCUT2D eigenvalue weighted by Gasteiger charge is 2.22. The Bertz CT molecular complexity index is 1020. The van der Waals surface area contributed by atoms with Crippen molar-refractivity contribution in [3.63, 3.8) is 0 Å². The molecule has 0 saturated carbocycles. The zero-order chi connectivity index (χ0) is 20.8. The molecular weight excluding hydrogens is 390 g/mol. The summed E-state index contributed by atoms with van der Waals surface area (Å²) in [6.45, 7) is 2.51. The van der Waals surface area contributed by atoms with Gasteiger partial charge in [0.05, 0.1) is 5.52 Å². The first kappa shape index (κ1) is 20.6. The van der Waals surface area contributed by atoms with Crippen LogP contribution in [0.2, 0.25) is 5.02 Å². The first-order chi connectivity index (χ1) is 14.0. The number of hydrogen-bond donors (Lipinski definition) is 3. The molecule has 0 spiro atoms. The van der Waals surface area contributed by atoms with Gasteiger partial charge in [0.25, 0.3) is 0 Å². The molecule has 1 amide bonds. The molecule has 1 atom stereocenters. The maximum Gasteiger partial charge on any atom is 0.339 e. The molecule has 0 aliphatic rings. The zero-order valence-electron chi connectivity index (χ0n) is 16.0. The van der Waals surface area contributed by atoms with Crippen molar-refractivity contribution in [3.05, 3.63) is 70.7 Å². The van der Waals surface area contributed by atoms with Crippen LogP contribution in [0.15, 0.2) is 54.6 Å². The minimum Gasteiger partial charge on any atom is -0.478 e. The fourth-order valence-electron chi connectivity index (χ4n) is 3.02. The lowest BCUT2D eigenvalue weighted by Gasteiger charge is -2.20. The summed E-state index contributed by atoms with van der Waals surface area (Å²) in [5.41, 5.74) is 1.54. The summed E-state index contributed by atoms with van der Waals surface area (Å²) in [7, 11) is 0. The number of anilines is 1. The molecular formula is C22H22ClN3O3. The predicted octanol–water partition coefficient (Wildman–Crippen LogP) is 4.14. The summed E-state index contributed by atoms with van der Waals surface area (Å²) in [6, 6.07) is 15.5. The van der Waals surface area contributed by atoms with E-state index in [1.807, 2.05) is 37.3 Å². The van der Waals surface area contributed by atoms with Gasteiger partial charge in [0, 0.05) is 23.4 Å². The Balaban J connectivity index is 1.97. The van der Waals surface area contributed by atoms with Crippen LogP contribution in [0.3, 0.4) is 0 Å². The van der Waals surface area contributed by atoms with Gasteiger partial charge in [-0.1, -0.05) is 48.9 Å². The molecule has 0 bridgehead atoms. The Hall–Kier alpha value is -3.12. The zero-order valence-corrected chi connectivity index (χ0v) is 16.7. The number of pyridine rings is 1. The molecule has 0 radical (unpaired) electrons. The van der Waals surface area contributed by atoms with Crippen LogP contribution < -0.4 is 10.6 Å². The Morgan fingerprint density at radius 3 is 2.59 bits per heavy atom. The number of fused-ring (bicyclic) bond motifs is 1. The van der Waals surface area contributed by atoms with Crippen LogP contribution in [-0.2, 0) is 11.2 Å². The Morgan fingerprint density at radius 2 is 1.90 bits per heavy atom. The Morgan fingerprint density at radius 1 is 1.14 bits per heavy atom. The molecule has 3 rings (SSSR count). The number of carbonyl (C=O) groups excluding carboxylic acids is 1. The van der Waals surface area contributed by atoms with E-state index in [1.54, 1.807) is 18.2 Å². The second-order valence-electron chi connectivity index (χ2n) is 6.70. The number of aromatic nitrogens is 1.